The van der Waals surface area contributed by atoms with Gasteiger partial charge in [0.05, 0.1) is 6.61 Å². The Bertz CT molecular complexity index is 1080. The molecule has 0 amide bonds. The zero-order chi connectivity index (χ0) is 43.2. The highest BCUT2D eigenvalue weighted by atomic mass is 16.7. The molecule has 6 unspecified atom stereocenters. The SMILES string of the molecule is CCCCC/C=C\C/C=C\CCCCCCCCCC(=O)OCC(COC1OC(C(=O)O)C(O)C(O)C1O)OC(=O)CCCCCCCCCCCCCCCCCC. The molecule has 11 nitrogen and oxygen atoms in total. The number of carbonyl (C=O) groups excluding carboxylic acids is 2. The molecule has 0 bridgehead atoms. The van der Waals surface area contributed by atoms with Crippen LogP contribution in [0.5, 0.6) is 0 Å². The van der Waals surface area contributed by atoms with E-state index >= 15 is 0 Å². The minimum absolute atomic E-state index is 0.186. The van der Waals surface area contributed by atoms with Gasteiger partial charge < -0.3 is 39.4 Å². The molecule has 1 heterocycles. The molecule has 59 heavy (non-hydrogen) atoms. The van der Waals surface area contributed by atoms with Gasteiger partial charge in [-0.2, -0.15) is 0 Å². The predicted molar refractivity (Wildman–Crippen MR) is 234 cm³/mol. The van der Waals surface area contributed by atoms with E-state index in [2.05, 4.69) is 38.2 Å². The molecule has 11 heteroatoms. The van der Waals surface area contributed by atoms with E-state index in [4.69, 9.17) is 18.9 Å². The molecule has 0 aromatic rings. The Morgan fingerprint density at radius 1 is 0.525 bits per heavy atom. The Labute approximate surface area is 358 Å². The van der Waals surface area contributed by atoms with Gasteiger partial charge in [-0.05, 0) is 44.9 Å². The van der Waals surface area contributed by atoms with Crippen LogP contribution in [0.1, 0.15) is 213 Å². The van der Waals surface area contributed by atoms with E-state index in [-0.39, 0.29) is 26.1 Å². The van der Waals surface area contributed by atoms with Crippen LogP contribution in [-0.4, -0.2) is 88.4 Å². The van der Waals surface area contributed by atoms with Gasteiger partial charge >= 0.3 is 17.9 Å². The number of hydrogen-bond acceptors (Lipinski definition) is 10. The largest absolute Gasteiger partial charge is 0.479 e. The second-order valence-electron chi connectivity index (χ2n) is 16.6. The van der Waals surface area contributed by atoms with Crippen LogP contribution in [0.3, 0.4) is 0 Å². The summed E-state index contributed by atoms with van der Waals surface area (Å²) in [4.78, 5) is 36.9. The van der Waals surface area contributed by atoms with E-state index in [0.717, 1.165) is 51.4 Å². The first kappa shape index (κ1) is 54.7. The van der Waals surface area contributed by atoms with E-state index in [0.29, 0.717) is 12.8 Å². The third-order valence-corrected chi connectivity index (χ3v) is 11.1. The summed E-state index contributed by atoms with van der Waals surface area (Å²) in [6, 6.07) is 0. The first-order valence-electron chi connectivity index (χ1n) is 23.9. The zero-order valence-electron chi connectivity index (χ0n) is 37.3. The fraction of sp³-hybridized carbons (Fsp3) is 0.854. The van der Waals surface area contributed by atoms with Crippen molar-refractivity contribution in [1.82, 2.24) is 0 Å². The van der Waals surface area contributed by atoms with Gasteiger partial charge in [0.25, 0.3) is 0 Å². The molecule has 6 atom stereocenters. The monoisotopic (exact) mass is 839 g/mol. The van der Waals surface area contributed by atoms with Crippen LogP contribution in [0.2, 0.25) is 0 Å². The number of aliphatic hydroxyl groups excluding tert-OH is 3. The molecule has 1 fully saturated rings. The Kier molecular flexibility index (Phi) is 35.8. The highest BCUT2D eigenvalue weighted by molar-refractivity contribution is 5.73. The van der Waals surface area contributed by atoms with E-state index in [1.807, 2.05) is 0 Å². The van der Waals surface area contributed by atoms with Gasteiger partial charge in [0.2, 0.25) is 0 Å². The molecule has 4 N–H and O–H groups in total. The normalized spacial score (nSPS) is 20.1. The van der Waals surface area contributed by atoms with Crippen molar-refractivity contribution in [2.75, 3.05) is 13.2 Å². The Morgan fingerprint density at radius 3 is 1.44 bits per heavy atom. The van der Waals surface area contributed by atoms with Gasteiger partial charge in [0, 0.05) is 12.8 Å². The standard InChI is InChI=1S/C48H86O11/c1-3-5-7-9-11-13-15-17-19-21-23-24-26-28-30-32-34-36-41(49)56-38-40(39-57-48-45(53)43(51)44(52)46(59-48)47(54)55)58-42(50)37-35-33-31-29-27-25-22-20-18-16-14-12-10-8-6-4-2/h11,13,17,19,40,43-46,48,51-53H,3-10,12,14-16,18,20-39H2,1-2H3,(H,54,55)/b13-11-,19-17-. The molecular formula is C48H86O11. The number of carbonyl (C=O) groups is 3. The topological polar surface area (TPSA) is 169 Å². The van der Waals surface area contributed by atoms with E-state index < -0.39 is 54.7 Å². The summed E-state index contributed by atoms with van der Waals surface area (Å²) in [5.41, 5.74) is 0. The van der Waals surface area contributed by atoms with Gasteiger partial charge in [-0.15, -0.1) is 0 Å². The zero-order valence-corrected chi connectivity index (χ0v) is 37.3. The van der Waals surface area contributed by atoms with Crippen molar-refractivity contribution in [3.05, 3.63) is 24.3 Å². The third-order valence-electron chi connectivity index (χ3n) is 11.1. The van der Waals surface area contributed by atoms with Gasteiger partial charge in [0.15, 0.2) is 18.5 Å². The van der Waals surface area contributed by atoms with Crippen LogP contribution in [0.25, 0.3) is 0 Å². The summed E-state index contributed by atoms with van der Waals surface area (Å²) >= 11 is 0. The van der Waals surface area contributed by atoms with Gasteiger partial charge in [0.1, 0.15) is 24.9 Å². The van der Waals surface area contributed by atoms with Crippen molar-refractivity contribution in [3.63, 3.8) is 0 Å². The number of allylic oxidation sites excluding steroid dienone is 4. The maximum absolute atomic E-state index is 12.8. The van der Waals surface area contributed by atoms with Crippen molar-refractivity contribution in [3.8, 4) is 0 Å². The lowest BCUT2D eigenvalue weighted by atomic mass is 9.99. The van der Waals surface area contributed by atoms with Crippen LogP contribution in [-0.2, 0) is 33.3 Å². The highest BCUT2D eigenvalue weighted by Crippen LogP contribution is 2.23. The molecule has 0 saturated carbocycles. The van der Waals surface area contributed by atoms with Crippen molar-refractivity contribution >= 4 is 17.9 Å². The minimum Gasteiger partial charge on any atom is -0.479 e. The average molecular weight is 839 g/mol. The number of esters is 2. The number of aliphatic hydroxyl groups is 3. The summed E-state index contributed by atoms with van der Waals surface area (Å²) in [6.07, 6.45) is 33.6. The third kappa shape index (κ3) is 30.4. The smallest absolute Gasteiger partial charge is 0.335 e. The van der Waals surface area contributed by atoms with Crippen LogP contribution >= 0.6 is 0 Å². The van der Waals surface area contributed by atoms with E-state index in [1.165, 1.54) is 122 Å². The Hall–Kier alpha value is -2.31. The lowest BCUT2D eigenvalue weighted by Crippen LogP contribution is -2.60. The number of aliphatic carboxylic acids is 1. The lowest BCUT2D eigenvalue weighted by molar-refractivity contribution is -0.298. The molecule has 1 rings (SSSR count). The van der Waals surface area contributed by atoms with Crippen LogP contribution < -0.4 is 0 Å². The van der Waals surface area contributed by atoms with E-state index in [9.17, 15) is 34.8 Å². The molecule has 1 aliphatic rings. The summed E-state index contributed by atoms with van der Waals surface area (Å²) in [6.45, 7) is 3.80. The minimum atomic E-state index is -1.86. The second-order valence-corrected chi connectivity index (χ2v) is 16.6. The molecule has 0 aliphatic carbocycles. The lowest BCUT2D eigenvalue weighted by Gasteiger charge is -2.38. The van der Waals surface area contributed by atoms with Crippen LogP contribution in [0.15, 0.2) is 24.3 Å². The maximum atomic E-state index is 12.8. The molecule has 344 valence electrons. The molecule has 1 saturated heterocycles. The summed E-state index contributed by atoms with van der Waals surface area (Å²) in [7, 11) is 0. The molecular weight excluding hydrogens is 753 g/mol. The molecule has 0 spiro atoms. The number of carboxylic acids is 1. The Balaban J connectivity index is 2.34. The number of ether oxygens (including phenoxy) is 4. The summed E-state index contributed by atoms with van der Waals surface area (Å²) in [5.74, 6) is -2.44. The molecule has 0 aromatic heterocycles. The highest BCUT2D eigenvalue weighted by Gasteiger charge is 2.47. The number of unbranched alkanes of at least 4 members (excludes halogenated alkanes) is 25. The van der Waals surface area contributed by atoms with Crippen molar-refractivity contribution < 1.29 is 53.8 Å². The number of carboxylic acid groups (broad SMARTS) is 1. The first-order valence-corrected chi connectivity index (χ1v) is 23.9. The average Bonchev–Trinajstić information content (AvgIpc) is 3.22. The first-order chi connectivity index (χ1) is 28.7. The summed E-state index contributed by atoms with van der Waals surface area (Å²) in [5, 5.41) is 39.9. The van der Waals surface area contributed by atoms with E-state index in [1.54, 1.807) is 0 Å². The quantitative estimate of drug-likeness (QED) is 0.0263. The Morgan fingerprint density at radius 2 is 0.949 bits per heavy atom. The van der Waals surface area contributed by atoms with Crippen molar-refractivity contribution in [1.29, 1.82) is 0 Å². The predicted octanol–water partition coefficient (Wildman–Crippen LogP) is 10.6. The van der Waals surface area contributed by atoms with Gasteiger partial charge in [-0.1, -0.05) is 179 Å². The molecule has 0 radical (unpaired) electrons. The van der Waals surface area contributed by atoms with Gasteiger partial charge in [-0.25, -0.2) is 4.79 Å². The second kappa shape index (κ2) is 38.6. The van der Waals surface area contributed by atoms with Crippen LogP contribution in [0, 0.1) is 0 Å². The number of rotatable bonds is 40. The van der Waals surface area contributed by atoms with Crippen molar-refractivity contribution in [2.45, 2.75) is 250 Å². The van der Waals surface area contributed by atoms with Crippen molar-refractivity contribution in [2.24, 2.45) is 0 Å². The molecule has 1 aliphatic heterocycles. The van der Waals surface area contributed by atoms with Gasteiger partial charge in [-0.3, -0.25) is 9.59 Å². The fourth-order valence-electron chi connectivity index (χ4n) is 7.26. The number of hydrogen-bond donors (Lipinski definition) is 4. The molecule has 0 aromatic carbocycles. The maximum Gasteiger partial charge on any atom is 0.335 e. The summed E-state index contributed by atoms with van der Waals surface area (Å²) < 4.78 is 21.8. The van der Waals surface area contributed by atoms with Crippen LogP contribution in [0.4, 0.5) is 0 Å². The fourth-order valence-corrected chi connectivity index (χ4v) is 7.26.